The van der Waals surface area contributed by atoms with Gasteiger partial charge in [-0.25, -0.2) is 0 Å². The highest BCUT2D eigenvalue weighted by Gasteiger charge is 1.91. The Morgan fingerprint density at radius 3 is 2.62 bits per heavy atom. The summed E-state index contributed by atoms with van der Waals surface area (Å²) in [6, 6.07) is 0. The van der Waals surface area contributed by atoms with Crippen LogP contribution in [0, 0.1) is 0 Å². The molecule has 4 heteroatoms. The molecule has 0 bridgehead atoms. The molecular formula is C4H10S4. The molecule has 0 rings (SSSR count). The fourth-order valence-corrected chi connectivity index (χ4v) is 2.87. The first-order chi connectivity index (χ1) is 3.77. The molecule has 1 atom stereocenters. The van der Waals surface area contributed by atoms with E-state index < -0.39 is 0 Å². The van der Waals surface area contributed by atoms with Crippen LogP contribution in [0.4, 0.5) is 0 Å². The molecule has 0 aliphatic carbocycles. The van der Waals surface area contributed by atoms with Crippen LogP contribution in [-0.4, -0.2) is 14.8 Å². The van der Waals surface area contributed by atoms with Crippen molar-refractivity contribution in [1.82, 2.24) is 0 Å². The molecule has 0 aromatic carbocycles. The molecule has 0 aromatic rings. The first-order valence-electron chi connectivity index (χ1n) is 2.25. The molecule has 0 aromatic heterocycles. The summed E-state index contributed by atoms with van der Waals surface area (Å²) < 4.78 is 0.461. The van der Waals surface area contributed by atoms with E-state index in [0.29, 0.717) is 4.58 Å². The number of rotatable bonds is 4. The smallest absolute Gasteiger partial charge is 0.0452 e. The zero-order valence-electron chi connectivity index (χ0n) is 4.70. The molecule has 0 aliphatic rings. The molecule has 0 saturated carbocycles. The summed E-state index contributed by atoms with van der Waals surface area (Å²) in [6.45, 7) is 2.08. The predicted molar refractivity (Wildman–Crippen MR) is 52.4 cm³/mol. The van der Waals surface area contributed by atoms with Crippen molar-refractivity contribution in [3.05, 3.63) is 0 Å². The summed E-state index contributed by atoms with van der Waals surface area (Å²) in [5, 5.41) is 2.02. The van der Waals surface area contributed by atoms with Gasteiger partial charge in [0.2, 0.25) is 0 Å². The molecule has 0 saturated heterocycles. The van der Waals surface area contributed by atoms with E-state index in [1.807, 2.05) is 23.5 Å². The van der Waals surface area contributed by atoms with Crippen LogP contribution in [0.25, 0.3) is 0 Å². The maximum Gasteiger partial charge on any atom is 0.0452 e. The summed E-state index contributed by atoms with van der Waals surface area (Å²) in [4.78, 5) is 0. The van der Waals surface area contributed by atoms with Gasteiger partial charge in [0.05, 0.1) is 0 Å². The van der Waals surface area contributed by atoms with Crippen molar-refractivity contribution >= 4 is 48.8 Å². The molecule has 0 aliphatic heterocycles. The highest BCUT2D eigenvalue weighted by atomic mass is 32.2. The number of hydrogen-bond donors (Lipinski definition) is 2. The maximum absolute atomic E-state index is 4.20. The van der Waals surface area contributed by atoms with Gasteiger partial charge < -0.3 is 0 Å². The molecule has 0 amide bonds. The average molecular weight is 186 g/mol. The van der Waals surface area contributed by atoms with E-state index in [1.165, 1.54) is 0 Å². The fourth-order valence-electron chi connectivity index (χ4n) is 0.184. The Bertz CT molecular complexity index is 45.3. The fraction of sp³-hybridized carbons (Fsp3) is 1.00. The zero-order chi connectivity index (χ0) is 6.41. The van der Waals surface area contributed by atoms with Crippen LogP contribution in [0.15, 0.2) is 0 Å². The molecule has 0 spiro atoms. The molecule has 50 valence electrons. The van der Waals surface area contributed by atoms with Crippen LogP contribution in [0.5, 0.6) is 0 Å². The number of thioether (sulfide) groups is 2. The second-order valence-electron chi connectivity index (χ2n) is 1.22. The summed E-state index contributed by atoms with van der Waals surface area (Å²) in [5.41, 5.74) is 0. The van der Waals surface area contributed by atoms with Gasteiger partial charge in [-0.3, -0.25) is 0 Å². The highest BCUT2D eigenvalue weighted by Crippen LogP contribution is 2.19. The Balaban J connectivity index is 2.72. The van der Waals surface area contributed by atoms with Crippen molar-refractivity contribution in [1.29, 1.82) is 0 Å². The van der Waals surface area contributed by atoms with E-state index in [4.69, 9.17) is 0 Å². The normalized spacial score (nSPS) is 13.9. The van der Waals surface area contributed by atoms with Gasteiger partial charge in [-0.15, -0.1) is 23.5 Å². The Morgan fingerprint density at radius 1 is 1.62 bits per heavy atom. The van der Waals surface area contributed by atoms with Crippen LogP contribution in [-0.2, 0) is 0 Å². The summed E-state index contributed by atoms with van der Waals surface area (Å²) in [7, 11) is 0. The Hall–Kier alpha value is 1.40. The number of hydrogen-bond acceptors (Lipinski definition) is 4. The van der Waals surface area contributed by atoms with Crippen LogP contribution in [0.3, 0.4) is 0 Å². The molecule has 0 N–H and O–H groups in total. The standard InChI is InChI=1S/C4H10S4/c1-4(6)8-3-7-2-5/h4-6H,2-3H2,1H3. The first kappa shape index (κ1) is 9.40. The average Bonchev–Trinajstić information content (AvgIpc) is 1.66. The Labute approximate surface area is 70.4 Å². The lowest BCUT2D eigenvalue weighted by atomic mass is 11.0. The second-order valence-corrected chi connectivity index (χ2v) is 5.77. The second kappa shape index (κ2) is 6.52. The van der Waals surface area contributed by atoms with Crippen molar-refractivity contribution in [3.63, 3.8) is 0 Å². The number of thiol groups is 2. The summed E-state index contributed by atoms with van der Waals surface area (Å²) in [5.74, 6) is 0. The van der Waals surface area contributed by atoms with Gasteiger partial charge >= 0.3 is 0 Å². The molecule has 8 heavy (non-hydrogen) atoms. The van der Waals surface area contributed by atoms with E-state index in [2.05, 4.69) is 32.2 Å². The predicted octanol–water partition coefficient (Wildman–Crippen LogP) is 2.57. The molecule has 0 nitrogen and oxygen atoms in total. The lowest BCUT2D eigenvalue weighted by Crippen LogP contribution is -1.81. The monoisotopic (exact) mass is 186 g/mol. The minimum absolute atomic E-state index is 0.461. The third-order valence-electron chi connectivity index (χ3n) is 0.484. The van der Waals surface area contributed by atoms with Crippen LogP contribution < -0.4 is 0 Å². The van der Waals surface area contributed by atoms with E-state index in [9.17, 15) is 0 Å². The Morgan fingerprint density at radius 2 is 2.25 bits per heavy atom. The van der Waals surface area contributed by atoms with Gasteiger partial charge in [0.1, 0.15) is 0 Å². The van der Waals surface area contributed by atoms with Crippen LogP contribution >= 0.6 is 48.8 Å². The van der Waals surface area contributed by atoms with E-state index in [-0.39, 0.29) is 0 Å². The van der Waals surface area contributed by atoms with Gasteiger partial charge in [0.15, 0.2) is 0 Å². The van der Waals surface area contributed by atoms with Gasteiger partial charge in [0.25, 0.3) is 0 Å². The molecule has 0 radical (unpaired) electrons. The maximum atomic E-state index is 4.20. The lowest BCUT2D eigenvalue weighted by Gasteiger charge is -1.99. The zero-order valence-corrected chi connectivity index (χ0v) is 8.12. The lowest BCUT2D eigenvalue weighted by molar-refractivity contribution is 1.44. The third kappa shape index (κ3) is 7.40. The van der Waals surface area contributed by atoms with Crippen molar-refractivity contribution in [3.8, 4) is 0 Å². The van der Waals surface area contributed by atoms with Crippen molar-refractivity contribution in [2.45, 2.75) is 11.5 Å². The topological polar surface area (TPSA) is 0 Å². The first-order valence-corrected chi connectivity index (χ1v) is 5.61. The largest absolute Gasteiger partial charge is 0.168 e. The minimum atomic E-state index is 0.461. The van der Waals surface area contributed by atoms with Crippen molar-refractivity contribution in [2.75, 3.05) is 10.2 Å². The SMILES string of the molecule is CC(S)SCSCS. The van der Waals surface area contributed by atoms with Gasteiger partial charge in [-0.1, -0.05) is 0 Å². The molecule has 0 heterocycles. The van der Waals surface area contributed by atoms with E-state index in [0.717, 1.165) is 10.2 Å². The molecule has 1 unspecified atom stereocenters. The Kier molecular flexibility index (Phi) is 7.66. The molecular weight excluding hydrogens is 176 g/mol. The van der Waals surface area contributed by atoms with Gasteiger partial charge in [-0.2, -0.15) is 25.3 Å². The van der Waals surface area contributed by atoms with Gasteiger partial charge in [-0.05, 0) is 6.92 Å². The van der Waals surface area contributed by atoms with Crippen LogP contribution in [0.2, 0.25) is 0 Å². The highest BCUT2D eigenvalue weighted by molar-refractivity contribution is 8.22. The van der Waals surface area contributed by atoms with E-state index >= 15 is 0 Å². The minimum Gasteiger partial charge on any atom is -0.168 e. The third-order valence-corrected chi connectivity index (χ3v) is 3.35. The van der Waals surface area contributed by atoms with E-state index in [1.54, 1.807) is 0 Å². The molecule has 0 fully saturated rings. The summed E-state index contributed by atoms with van der Waals surface area (Å²) >= 11 is 11.9. The van der Waals surface area contributed by atoms with Gasteiger partial charge in [0, 0.05) is 14.8 Å². The summed E-state index contributed by atoms with van der Waals surface area (Å²) in [6.07, 6.45) is 0. The van der Waals surface area contributed by atoms with Crippen molar-refractivity contribution < 1.29 is 0 Å². The van der Waals surface area contributed by atoms with Crippen LogP contribution in [0.1, 0.15) is 6.92 Å². The van der Waals surface area contributed by atoms with Crippen molar-refractivity contribution in [2.24, 2.45) is 0 Å². The quantitative estimate of drug-likeness (QED) is 0.393.